The summed E-state index contributed by atoms with van der Waals surface area (Å²) in [6, 6.07) is 0. The molecular weight excluding hydrogens is 122 g/mol. The standard InChI is InChI=1S/C6H14ClN/c1-4-8(5-2)6(3)7/h6H,4-5H2,1-3H3/t6-/m1/s1. The summed E-state index contributed by atoms with van der Waals surface area (Å²) in [7, 11) is 0. The normalized spacial score (nSPS) is 14.6. The van der Waals surface area contributed by atoms with Gasteiger partial charge < -0.3 is 0 Å². The Morgan fingerprint density at radius 3 is 1.75 bits per heavy atom. The van der Waals surface area contributed by atoms with E-state index in [9.17, 15) is 0 Å². The molecule has 0 aliphatic carbocycles. The van der Waals surface area contributed by atoms with Crippen molar-refractivity contribution in [1.82, 2.24) is 4.90 Å². The molecule has 8 heavy (non-hydrogen) atoms. The van der Waals surface area contributed by atoms with Crippen molar-refractivity contribution < 1.29 is 0 Å². The van der Waals surface area contributed by atoms with Gasteiger partial charge in [0.25, 0.3) is 0 Å². The van der Waals surface area contributed by atoms with Crippen molar-refractivity contribution in [3.05, 3.63) is 0 Å². The van der Waals surface area contributed by atoms with Gasteiger partial charge in [-0.25, -0.2) is 0 Å². The molecule has 0 bridgehead atoms. The Morgan fingerprint density at radius 1 is 1.38 bits per heavy atom. The van der Waals surface area contributed by atoms with Gasteiger partial charge in [-0.15, -0.1) is 11.6 Å². The fourth-order valence-corrected chi connectivity index (χ4v) is 1.00. The van der Waals surface area contributed by atoms with Crippen molar-refractivity contribution >= 4 is 11.6 Å². The topological polar surface area (TPSA) is 3.24 Å². The van der Waals surface area contributed by atoms with Gasteiger partial charge in [-0.2, -0.15) is 0 Å². The summed E-state index contributed by atoms with van der Waals surface area (Å²) >= 11 is 5.77. The first-order chi connectivity index (χ1) is 3.72. The van der Waals surface area contributed by atoms with E-state index in [1.54, 1.807) is 0 Å². The molecule has 0 aromatic rings. The quantitative estimate of drug-likeness (QED) is 0.422. The zero-order chi connectivity index (χ0) is 6.57. The SMILES string of the molecule is CCN(CC)[C@H](C)Cl. The number of hydrogen-bond acceptors (Lipinski definition) is 1. The van der Waals surface area contributed by atoms with Gasteiger partial charge in [0, 0.05) is 0 Å². The third-order valence-corrected chi connectivity index (χ3v) is 1.59. The third-order valence-electron chi connectivity index (χ3n) is 1.32. The number of hydrogen-bond donors (Lipinski definition) is 0. The van der Waals surface area contributed by atoms with Crippen LogP contribution < -0.4 is 0 Å². The van der Waals surface area contributed by atoms with E-state index in [-0.39, 0.29) is 5.50 Å². The average molecular weight is 136 g/mol. The molecule has 1 atom stereocenters. The van der Waals surface area contributed by atoms with Crippen LogP contribution >= 0.6 is 11.6 Å². The minimum absolute atomic E-state index is 0.185. The van der Waals surface area contributed by atoms with Crippen LogP contribution in [0, 0.1) is 0 Å². The molecule has 0 fully saturated rings. The van der Waals surface area contributed by atoms with Crippen LogP contribution in [0.5, 0.6) is 0 Å². The second-order valence-electron chi connectivity index (χ2n) is 1.80. The maximum Gasteiger partial charge on any atom is 0.0821 e. The van der Waals surface area contributed by atoms with Gasteiger partial charge in [0.1, 0.15) is 0 Å². The van der Waals surface area contributed by atoms with Crippen molar-refractivity contribution in [1.29, 1.82) is 0 Å². The maximum absolute atomic E-state index is 5.77. The molecule has 0 rings (SSSR count). The van der Waals surface area contributed by atoms with Crippen LogP contribution in [0.1, 0.15) is 20.8 Å². The highest BCUT2D eigenvalue weighted by Crippen LogP contribution is 2.00. The summed E-state index contributed by atoms with van der Waals surface area (Å²) in [4.78, 5) is 2.18. The average Bonchev–Trinajstić information content (AvgIpc) is 1.69. The summed E-state index contributed by atoms with van der Waals surface area (Å²) in [6.07, 6.45) is 0. The molecule has 0 radical (unpaired) electrons. The highest BCUT2D eigenvalue weighted by molar-refractivity contribution is 6.20. The zero-order valence-electron chi connectivity index (χ0n) is 5.82. The van der Waals surface area contributed by atoms with Gasteiger partial charge in [0.05, 0.1) is 5.50 Å². The summed E-state index contributed by atoms with van der Waals surface area (Å²) in [5.74, 6) is 0. The van der Waals surface area contributed by atoms with Crippen LogP contribution in [0.3, 0.4) is 0 Å². The minimum atomic E-state index is 0.185. The Balaban J connectivity index is 3.35. The number of alkyl halides is 1. The van der Waals surface area contributed by atoms with Gasteiger partial charge in [-0.3, -0.25) is 4.90 Å². The molecule has 2 heteroatoms. The molecule has 0 aromatic heterocycles. The predicted octanol–water partition coefficient (Wildman–Crippen LogP) is 1.91. The lowest BCUT2D eigenvalue weighted by Crippen LogP contribution is -2.28. The van der Waals surface area contributed by atoms with Crippen LogP contribution in [0.15, 0.2) is 0 Å². The lowest BCUT2D eigenvalue weighted by atomic mass is 10.5. The Labute approximate surface area is 56.6 Å². The van der Waals surface area contributed by atoms with Crippen LogP contribution in [0.2, 0.25) is 0 Å². The van der Waals surface area contributed by atoms with E-state index >= 15 is 0 Å². The van der Waals surface area contributed by atoms with E-state index in [0.29, 0.717) is 0 Å². The highest BCUT2D eigenvalue weighted by atomic mass is 35.5. The van der Waals surface area contributed by atoms with Gasteiger partial charge in [0.2, 0.25) is 0 Å². The molecule has 50 valence electrons. The van der Waals surface area contributed by atoms with Crippen molar-refractivity contribution in [2.24, 2.45) is 0 Å². The van der Waals surface area contributed by atoms with E-state index in [2.05, 4.69) is 18.7 Å². The number of nitrogens with zero attached hydrogens (tertiary/aromatic N) is 1. The Morgan fingerprint density at radius 2 is 1.75 bits per heavy atom. The lowest BCUT2D eigenvalue weighted by Gasteiger charge is -2.19. The Hall–Kier alpha value is 0.250. The summed E-state index contributed by atoms with van der Waals surface area (Å²) in [6.45, 7) is 8.31. The molecule has 0 spiro atoms. The first-order valence-corrected chi connectivity index (χ1v) is 3.54. The molecule has 0 saturated heterocycles. The van der Waals surface area contributed by atoms with Gasteiger partial charge >= 0.3 is 0 Å². The molecule has 0 N–H and O–H groups in total. The van der Waals surface area contributed by atoms with E-state index in [1.165, 1.54) is 0 Å². The van der Waals surface area contributed by atoms with Crippen LogP contribution in [0.4, 0.5) is 0 Å². The number of halogens is 1. The largest absolute Gasteiger partial charge is 0.288 e. The lowest BCUT2D eigenvalue weighted by molar-refractivity contribution is 0.292. The molecule has 0 saturated carbocycles. The maximum atomic E-state index is 5.77. The van der Waals surface area contributed by atoms with Crippen molar-refractivity contribution in [2.75, 3.05) is 13.1 Å². The van der Waals surface area contributed by atoms with E-state index < -0.39 is 0 Å². The first kappa shape index (κ1) is 8.25. The van der Waals surface area contributed by atoms with Gasteiger partial charge in [-0.05, 0) is 20.0 Å². The van der Waals surface area contributed by atoms with Crippen molar-refractivity contribution in [3.63, 3.8) is 0 Å². The molecule has 0 unspecified atom stereocenters. The Bertz CT molecular complexity index is 50.5. The fourth-order valence-electron chi connectivity index (χ4n) is 0.727. The van der Waals surface area contributed by atoms with Crippen LogP contribution in [-0.2, 0) is 0 Å². The molecular formula is C6H14ClN. The molecule has 0 heterocycles. The monoisotopic (exact) mass is 135 g/mol. The highest BCUT2D eigenvalue weighted by Gasteiger charge is 2.03. The van der Waals surface area contributed by atoms with Crippen molar-refractivity contribution in [3.8, 4) is 0 Å². The second kappa shape index (κ2) is 4.16. The molecule has 0 aliphatic rings. The first-order valence-electron chi connectivity index (χ1n) is 3.10. The summed E-state index contributed by atoms with van der Waals surface area (Å²) < 4.78 is 0. The molecule has 0 aliphatic heterocycles. The van der Waals surface area contributed by atoms with E-state index in [1.807, 2.05) is 6.92 Å². The minimum Gasteiger partial charge on any atom is -0.288 e. The van der Waals surface area contributed by atoms with E-state index in [4.69, 9.17) is 11.6 Å². The van der Waals surface area contributed by atoms with E-state index in [0.717, 1.165) is 13.1 Å². The molecule has 0 amide bonds. The van der Waals surface area contributed by atoms with Crippen LogP contribution in [-0.4, -0.2) is 23.5 Å². The Kier molecular flexibility index (Phi) is 4.29. The third kappa shape index (κ3) is 2.53. The zero-order valence-corrected chi connectivity index (χ0v) is 6.57. The fraction of sp³-hybridized carbons (Fsp3) is 1.00. The summed E-state index contributed by atoms with van der Waals surface area (Å²) in [5.41, 5.74) is 0.185. The smallest absolute Gasteiger partial charge is 0.0821 e. The summed E-state index contributed by atoms with van der Waals surface area (Å²) in [5, 5.41) is 0. The molecule has 1 nitrogen and oxygen atoms in total. The van der Waals surface area contributed by atoms with Gasteiger partial charge in [-0.1, -0.05) is 13.8 Å². The van der Waals surface area contributed by atoms with Crippen LogP contribution in [0.25, 0.3) is 0 Å². The number of rotatable bonds is 3. The second-order valence-corrected chi connectivity index (χ2v) is 2.43. The predicted molar refractivity (Wildman–Crippen MR) is 38.2 cm³/mol. The van der Waals surface area contributed by atoms with Gasteiger partial charge in [0.15, 0.2) is 0 Å². The van der Waals surface area contributed by atoms with Crippen molar-refractivity contribution in [2.45, 2.75) is 26.3 Å². The molecule has 0 aromatic carbocycles.